The fraction of sp³-hybridized carbons (Fsp3) is 0.208. The fourth-order valence-electron chi connectivity index (χ4n) is 3.63. The molecule has 1 saturated heterocycles. The molecule has 10 nitrogen and oxygen atoms in total. The van der Waals surface area contributed by atoms with Gasteiger partial charge in [-0.1, -0.05) is 36.4 Å². The van der Waals surface area contributed by atoms with Crippen LogP contribution in [0.3, 0.4) is 0 Å². The number of amides is 3. The van der Waals surface area contributed by atoms with Crippen molar-refractivity contribution in [3.8, 4) is 0 Å². The Morgan fingerprint density at radius 3 is 2.57 bits per heavy atom. The van der Waals surface area contributed by atoms with E-state index in [4.69, 9.17) is 4.42 Å². The first kappa shape index (κ1) is 24.2. The minimum Gasteiger partial charge on any atom is -0.459 e. The Bertz CT molecular complexity index is 1310. The molecular weight excluding hydrogens is 472 g/mol. The van der Waals surface area contributed by atoms with Crippen LogP contribution < -0.4 is 16.0 Å². The van der Waals surface area contributed by atoms with Gasteiger partial charge in [-0.25, -0.2) is 8.42 Å². The number of carbonyl (C=O) groups is 3. The normalized spacial score (nSPS) is 15.1. The molecule has 3 N–H and O–H groups in total. The first-order valence-electron chi connectivity index (χ1n) is 10.9. The molecule has 11 heteroatoms. The second-order valence-corrected chi connectivity index (χ2v) is 9.84. The van der Waals surface area contributed by atoms with Crippen molar-refractivity contribution in [1.82, 2.24) is 14.9 Å². The van der Waals surface area contributed by atoms with Crippen LogP contribution in [0, 0.1) is 0 Å². The minimum atomic E-state index is -3.93. The van der Waals surface area contributed by atoms with Gasteiger partial charge >= 0.3 is 0 Å². The number of nitrogens with zero attached hydrogens (tertiary/aromatic N) is 1. The van der Waals surface area contributed by atoms with Gasteiger partial charge in [0.2, 0.25) is 21.8 Å². The van der Waals surface area contributed by atoms with Crippen molar-refractivity contribution < 1.29 is 27.2 Å². The first-order valence-corrected chi connectivity index (χ1v) is 12.3. The standard InChI is InChI=1S/C24H24N4O6S/c29-22-16-28(12-11-25-22)35(32,33)19-9-4-8-18(15-19)26-23(30)20(14-17-6-2-1-3-7-17)27-24(31)21-10-5-13-34-21/h1-10,13,15,20H,11-12,14,16H2,(H,25,29)(H,26,30)(H,27,31). The highest BCUT2D eigenvalue weighted by molar-refractivity contribution is 7.89. The van der Waals surface area contributed by atoms with Crippen LogP contribution in [-0.2, 0) is 26.0 Å². The number of furan rings is 1. The minimum absolute atomic E-state index is 0.0516. The average molecular weight is 497 g/mol. The summed E-state index contributed by atoms with van der Waals surface area (Å²) in [6.45, 7) is 0.116. The maximum atomic E-state index is 13.2. The van der Waals surface area contributed by atoms with E-state index >= 15 is 0 Å². The van der Waals surface area contributed by atoms with Crippen LogP contribution >= 0.6 is 0 Å². The Labute approximate surface area is 202 Å². The quantitative estimate of drug-likeness (QED) is 0.431. The third-order valence-corrected chi connectivity index (χ3v) is 7.23. The van der Waals surface area contributed by atoms with Crippen molar-refractivity contribution in [2.75, 3.05) is 25.0 Å². The summed E-state index contributed by atoms with van der Waals surface area (Å²) >= 11 is 0. The lowest BCUT2D eigenvalue weighted by Crippen LogP contribution is -2.49. The molecule has 1 fully saturated rings. The number of rotatable bonds is 8. The number of hydrogen-bond donors (Lipinski definition) is 3. The van der Waals surface area contributed by atoms with E-state index in [0.717, 1.165) is 9.87 Å². The highest BCUT2D eigenvalue weighted by atomic mass is 32.2. The Kier molecular flexibility index (Phi) is 7.28. The fourth-order valence-corrected chi connectivity index (χ4v) is 5.07. The molecule has 0 radical (unpaired) electrons. The molecule has 0 bridgehead atoms. The van der Waals surface area contributed by atoms with E-state index in [-0.39, 0.29) is 48.3 Å². The summed E-state index contributed by atoms with van der Waals surface area (Å²) in [5.41, 5.74) is 1.06. The lowest BCUT2D eigenvalue weighted by atomic mass is 10.0. The van der Waals surface area contributed by atoms with Crippen molar-refractivity contribution in [2.45, 2.75) is 17.4 Å². The Hall–Kier alpha value is -3.96. The van der Waals surface area contributed by atoms with Gasteiger partial charge in [-0.2, -0.15) is 4.31 Å². The lowest BCUT2D eigenvalue weighted by molar-refractivity contribution is -0.122. The molecule has 1 aliphatic rings. The molecule has 2 heterocycles. The molecule has 0 spiro atoms. The zero-order chi connectivity index (χ0) is 24.8. The highest BCUT2D eigenvalue weighted by Gasteiger charge is 2.30. The molecule has 1 aliphatic heterocycles. The van der Waals surface area contributed by atoms with Crippen LogP contribution in [0.1, 0.15) is 16.1 Å². The number of sulfonamides is 1. The van der Waals surface area contributed by atoms with Gasteiger partial charge in [0.15, 0.2) is 5.76 Å². The molecule has 1 atom stereocenters. The second-order valence-electron chi connectivity index (χ2n) is 7.90. The smallest absolute Gasteiger partial charge is 0.287 e. The van der Waals surface area contributed by atoms with Crippen LogP contribution in [0.25, 0.3) is 0 Å². The number of piperazine rings is 1. The Morgan fingerprint density at radius 2 is 1.86 bits per heavy atom. The Morgan fingerprint density at radius 1 is 1.06 bits per heavy atom. The SMILES string of the molecule is O=C1CN(S(=O)(=O)c2cccc(NC(=O)C(Cc3ccccc3)NC(=O)c3ccco3)c2)CCN1. The third kappa shape index (κ3) is 5.94. The summed E-state index contributed by atoms with van der Waals surface area (Å²) in [5, 5.41) is 7.95. The zero-order valence-electron chi connectivity index (χ0n) is 18.6. The molecule has 4 rings (SSSR count). The van der Waals surface area contributed by atoms with E-state index in [1.165, 1.54) is 30.5 Å². The molecule has 35 heavy (non-hydrogen) atoms. The molecule has 1 unspecified atom stereocenters. The van der Waals surface area contributed by atoms with E-state index in [1.54, 1.807) is 12.1 Å². The van der Waals surface area contributed by atoms with Gasteiger partial charge < -0.3 is 20.4 Å². The summed E-state index contributed by atoms with van der Waals surface area (Å²) < 4.78 is 32.2. The van der Waals surface area contributed by atoms with E-state index in [9.17, 15) is 22.8 Å². The van der Waals surface area contributed by atoms with E-state index < -0.39 is 27.9 Å². The highest BCUT2D eigenvalue weighted by Crippen LogP contribution is 2.20. The summed E-state index contributed by atoms with van der Waals surface area (Å²) in [6.07, 6.45) is 1.57. The number of hydrogen-bond acceptors (Lipinski definition) is 6. The van der Waals surface area contributed by atoms with Crippen LogP contribution in [0.4, 0.5) is 5.69 Å². The maximum absolute atomic E-state index is 13.2. The van der Waals surface area contributed by atoms with Gasteiger partial charge in [0, 0.05) is 25.2 Å². The van der Waals surface area contributed by atoms with Crippen LogP contribution in [0.15, 0.2) is 82.3 Å². The van der Waals surface area contributed by atoms with Crippen molar-refractivity contribution in [1.29, 1.82) is 0 Å². The number of carbonyl (C=O) groups excluding carboxylic acids is 3. The molecule has 0 saturated carbocycles. The number of anilines is 1. The molecule has 3 aromatic rings. The van der Waals surface area contributed by atoms with Gasteiger partial charge in [-0.05, 0) is 35.9 Å². The monoisotopic (exact) mass is 496 g/mol. The predicted molar refractivity (Wildman–Crippen MR) is 127 cm³/mol. The number of benzene rings is 2. The maximum Gasteiger partial charge on any atom is 0.287 e. The van der Waals surface area contributed by atoms with Gasteiger partial charge in [0.1, 0.15) is 6.04 Å². The van der Waals surface area contributed by atoms with Crippen molar-refractivity contribution in [2.24, 2.45) is 0 Å². The molecule has 2 aromatic carbocycles. The lowest BCUT2D eigenvalue weighted by Gasteiger charge is -2.26. The van der Waals surface area contributed by atoms with Gasteiger partial charge in [-0.15, -0.1) is 0 Å². The van der Waals surface area contributed by atoms with Crippen molar-refractivity contribution in [3.63, 3.8) is 0 Å². The topological polar surface area (TPSA) is 138 Å². The summed E-state index contributed by atoms with van der Waals surface area (Å²) in [5.74, 6) is -1.39. The summed E-state index contributed by atoms with van der Waals surface area (Å²) in [4.78, 5) is 37.3. The van der Waals surface area contributed by atoms with Crippen LogP contribution in [0.5, 0.6) is 0 Å². The first-order chi connectivity index (χ1) is 16.8. The van der Waals surface area contributed by atoms with Gasteiger partial charge in [0.05, 0.1) is 17.7 Å². The molecule has 3 amide bonds. The zero-order valence-corrected chi connectivity index (χ0v) is 19.5. The van der Waals surface area contributed by atoms with E-state index in [1.807, 2.05) is 30.3 Å². The van der Waals surface area contributed by atoms with Gasteiger partial charge in [-0.3, -0.25) is 14.4 Å². The average Bonchev–Trinajstić information content (AvgIpc) is 3.40. The molecule has 1 aromatic heterocycles. The van der Waals surface area contributed by atoms with Crippen molar-refractivity contribution in [3.05, 3.63) is 84.3 Å². The van der Waals surface area contributed by atoms with Crippen LogP contribution in [-0.4, -0.2) is 56.1 Å². The summed E-state index contributed by atoms with van der Waals surface area (Å²) in [6, 6.07) is 17.0. The Balaban J connectivity index is 1.53. The molecule has 0 aliphatic carbocycles. The predicted octanol–water partition coefficient (Wildman–Crippen LogP) is 1.38. The second kappa shape index (κ2) is 10.5. The van der Waals surface area contributed by atoms with E-state index in [0.29, 0.717) is 0 Å². The van der Waals surface area contributed by atoms with Crippen LogP contribution in [0.2, 0.25) is 0 Å². The van der Waals surface area contributed by atoms with Gasteiger partial charge in [0.25, 0.3) is 5.91 Å². The third-order valence-electron chi connectivity index (χ3n) is 5.39. The molecule has 182 valence electrons. The van der Waals surface area contributed by atoms with E-state index in [2.05, 4.69) is 16.0 Å². The summed E-state index contributed by atoms with van der Waals surface area (Å²) in [7, 11) is -3.93. The number of nitrogens with one attached hydrogen (secondary N) is 3. The van der Waals surface area contributed by atoms with Crippen molar-refractivity contribution >= 4 is 33.4 Å². The molecular formula is C24H24N4O6S. The largest absolute Gasteiger partial charge is 0.459 e.